The molecule has 3 rings (SSSR count). The molecule has 1 aliphatic carbocycles. The van der Waals surface area contributed by atoms with Crippen LogP contribution in [0, 0.1) is 0 Å². The molecule has 21 heavy (non-hydrogen) atoms. The Morgan fingerprint density at radius 1 is 1.24 bits per heavy atom. The second kappa shape index (κ2) is 6.58. The second-order valence-electron chi connectivity index (χ2n) is 6.05. The number of aliphatic carboxylic acids is 1. The van der Waals surface area contributed by atoms with Gasteiger partial charge < -0.3 is 9.84 Å². The van der Waals surface area contributed by atoms with Crippen molar-refractivity contribution in [3.63, 3.8) is 0 Å². The van der Waals surface area contributed by atoms with Gasteiger partial charge in [0.05, 0.1) is 6.10 Å². The molecule has 0 radical (unpaired) electrons. The van der Waals surface area contributed by atoms with E-state index < -0.39 is 5.97 Å². The summed E-state index contributed by atoms with van der Waals surface area (Å²) in [6.07, 6.45) is 5.67. The topological polar surface area (TPSA) is 49.8 Å². The van der Waals surface area contributed by atoms with E-state index in [9.17, 15) is 4.79 Å². The van der Waals surface area contributed by atoms with Gasteiger partial charge in [0, 0.05) is 19.1 Å². The quantitative estimate of drug-likeness (QED) is 0.925. The molecular weight excluding hydrogens is 266 g/mol. The van der Waals surface area contributed by atoms with Crippen molar-refractivity contribution in [3.05, 3.63) is 35.4 Å². The monoisotopic (exact) mass is 289 g/mol. The molecule has 0 bridgehead atoms. The van der Waals surface area contributed by atoms with Crippen LogP contribution in [0.5, 0.6) is 0 Å². The Kier molecular flexibility index (Phi) is 4.56. The molecule has 0 aromatic heterocycles. The first-order valence-electron chi connectivity index (χ1n) is 7.89. The summed E-state index contributed by atoms with van der Waals surface area (Å²) < 4.78 is 5.42. The van der Waals surface area contributed by atoms with Gasteiger partial charge in [-0.25, -0.2) is 4.79 Å². The Morgan fingerprint density at radius 3 is 2.76 bits per heavy atom. The highest BCUT2D eigenvalue weighted by Gasteiger charge is 2.29. The average Bonchev–Trinajstić information content (AvgIpc) is 2.53. The summed E-state index contributed by atoms with van der Waals surface area (Å²) >= 11 is 0. The van der Waals surface area contributed by atoms with E-state index in [0.29, 0.717) is 6.04 Å². The number of carboxylic acids is 1. The lowest BCUT2D eigenvalue weighted by Gasteiger charge is -2.40. The van der Waals surface area contributed by atoms with E-state index in [1.807, 2.05) is 0 Å². The lowest BCUT2D eigenvalue weighted by molar-refractivity contribution is -0.145. The van der Waals surface area contributed by atoms with Gasteiger partial charge in [0.15, 0.2) is 0 Å². The van der Waals surface area contributed by atoms with E-state index in [1.54, 1.807) is 0 Å². The van der Waals surface area contributed by atoms with Crippen LogP contribution in [0.3, 0.4) is 0 Å². The zero-order valence-corrected chi connectivity index (χ0v) is 12.3. The van der Waals surface area contributed by atoms with Crippen molar-refractivity contribution in [1.29, 1.82) is 0 Å². The molecule has 1 aromatic rings. The van der Waals surface area contributed by atoms with Crippen molar-refractivity contribution < 1.29 is 14.6 Å². The van der Waals surface area contributed by atoms with Crippen molar-refractivity contribution in [2.75, 3.05) is 19.7 Å². The highest BCUT2D eigenvalue weighted by molar-refractivity contribution is 5.68. The number of rotatable bonds is 4. The predicted molar refractivity (Wildman–Crippen MR) is 80.3 cm³/mol. The van der Waals surface area contributed by atoms with Crippen molar-refractivity contribution in [2.24, 2.45) is 0 Å². The van der Waals surface area contributed by atoms with E-state index in [1.165, 1.54) is 30.4 Å². The molecular formula is C17H23NO3. The van der Waals surface area contributed by atoms with Crippen LogP contribution in [-0.2, 0) is 16.0 Å². The Hall–Kier alpha value is -1.39. The van der Waals surface area contributed by atoms with Crippen LogP contribution in [-0.4, -0.2) is 41.8 Å². The van der Waals surface area contributed by atoms with Gasteiger partial charge in [-0.15, -0.1) is 0 Å². The minimum Gasteiger partial charge on any atom is -0.480 e. The first kappa shape index (κ1) is 14.5. The van der Waals surface area contributed by atoms with Crippen LogP contribution in [0.15, 0.2) is 24.3 Å². The Bertz CT molecular complexity index is 495. The number of nitrogens with zero attached hydrogens (tertiary/aromatic N) is 1. The molecule has 1 atom stereocenters. The lowest BCUT2D eigenvalue weighted by Crippen LogP contribution is -2.40. The summed E-state index contributed by atoms with van der Waals surface area (Å²) in [5.41, 5.74) is 2.99. The Morgan fingerprint density at radius 2 is 2.00 bits per heavy atom. The van der Waals surface area contributed by atoms with Crippen LogP contribution >= 0.6 is 0 Å². The fourth-order valence-electron chi connectivity index (χ4n) is 3.65. The molecule has 0 amide bonds. The summed E-state index contributed by atoms with van der Waals surface area (Å²) in [6, 6.07) is 9.33. The third kappa shape index (κ3) is 3.44. The maximum atomic E-state index is 10.6. The number of hydrogen-bond donors (Lipinski definition) is 1. The van der Waals surface area contributed by atoms with Crippen molar-refractivity contribution in [1.82, 2.24) is 4.90 Å². The summed E-state index contributed by atoms with van der Waals surface area (Å²) in [7, 11) is 0. The summed E-state index contributed by atoms with van der Waals surface area (Å²) in [5.74, 6) is -0.876. The van der Waals surface area contributed by atoms with Gasteiger partial charge in [-0.1, -0.05) is 24.3 Å². The van der Waals surface area contributed by atoms with Gasteiger partial charge in [-0.05, 0) is 43.2 Å². The summed E-state index contributed by atoms with van der Waals surface area (Å²) in [6.45, 7) is 1.84. The standard InChI is InChI=1S/C17H23NO3/c19-17(20)12-21-14-8-10-18(11-9-14)16-7-3-5-13-4-1-2-6-15(13)16/h1-2,4,6,14,16H,3,5,7-12H2,(H,19,20). The van der Waals surface area contributed by atoms with Gasteiger partial charge in [-0.2, -0.15) is 0 Å². The third-order valence-electron chi connectivity index (χ3n) is 4.70. The minimum absolute atomic E-state index is 0.108. The first-order valence-corrected chi connectivity index (χ1v) is 7.89. The number of likely N-dealkylation sites (tertiary alicyclic amines) is 1. The number of piperidine rings is 1. The van der Waals surface area contributed by atoms with Gasteiger partial charge in [0.2, 0.25) is 0 Å². The van der Waals surface area contributed by atoms with Crippen molar-refractivity contribution in [3.8, 4) is 0 Å². The summed E-state index contributed by atoms with van der Waals surface area (Å²) in [5, 5.41) is 8.67. The molecule has 1 N–H and O–H groups in total. The van der Waals surface area contributed by atoms with E-state index in [2.05, 4.69) is 29.2 Å². The molecule has 1 aromatic carbocycles. The van der Waals surface area contributed by atoms with Crippen LogP contribution < -0.4 is 0 Å². The van der Waals surface area contributed by atoms with E-state index in [0.717, 1.165) is 25.9 Å². The smallest absolute Gasteiger partial charge is 0.329 e. The van der Waals surface area contributed by atoms with Crippen LogP contribution in [0.25, 0.3) is 0 Å². The van der Waals surface area contributed by atoms with Crippen LogP contribution in [0.4, 0.5) is 0 Å². The molecule has 1 fully saturated rings. The molecule has 1 aliphatic heterocycles. The number of hydrogen-bond acceptors (Lipinski definition) is 3. The summed E-state index contributed by atoms with van der Waals surface area (Å²) in [4.78, 5) is 13.1. The maximum Gasteiger partial charge on any atom is 0.329 e. The zero-order valence-electron chi connectivity index (χ0n) is 12.3. The number of carboxylic acid groups (broad SMARTS) is 1. The number of carbonyl (C=O) groups is 1. The van der Waals surface area contributed by atoms with Crippen molar-refractivity contribution in [2.45, 2.75) is 44.2 Å². The van der Waals surface area contributed by atoms with Gasteiger partial charge in [-0.3, -0.25) is 4.90 Å². The molecule has 1 unspecified atom stereocenters. The van der Waals surface area contributed by atoms with Crippen LogP contribution in [0.1, 0.15) is 42.9 Å². The second-order valence-corrected chi connectivity index (χ2v) is 6.05. The van der Waals surface area contributed by atoms with Gasteiger partial charge >= 0.3 is 5.97 Å². The first-order chi connectivity index (χ1) is 10.2. The number of aryl methyl sites for hydroxylation is 1. The van der Waals surface area contributed by atoms with E-state index >= 15 is 0 Å². The molecule has 0 saturated carbocycles. The maximum absolute atomic E-state index is 10.6. The Balaban J connectivity index is 1.59. The molecule has 1 saturated heterocycles. The Labute approximate surface area is 125 Å². The highest BCUT2D eigenvalue weighted by Crippen LogP contribution is 2.35. The fourth-order valence-corrected chi connectivity index (χ4v) is 3.65. The lowest BCUT2D eigenvalue weighted by atomic mass is 9.86. The molecule has 4 nitrogen and oxygen atoms in total. The number of fused-ring (bicyclic) bond motifs is 1. The highest BCUT2D eigenvalue weighted by atomic mass is 16.5. The number of benzene rings is 1. The van der Waals surface area contributed by atoms with Gasteiger partial charge in [0.25, 0.3) is 0 Å². The van der Waals surface area contributed by atoms with Crippen LogP contribution in [0.2, 0.25) is 0 Å². The SMILES string of the molecule is O=C(O)COC1CCN(C2CCCc3ccccc32)CC1. The zero-order chi connectivity index (χ0) is 14.7. The van der Waals surface area contributed by atoms with E-state index in [-0.39, 0.29) is 12.7 Å². The number of ether oxygens (including phenoxy) is 1. The minimum atomic E-state index is -0.876. The molecule has 2 aliphatic rings. The van der Waals surface area contributed by atoms with E-state index in [4.69, 9.17) is 9.84 Å². The normalized spacial score (nSPS) is 23.7. The van der Waals surface area contributed by atoms with Gasteiger partial charge in [0.1, 0.15) is 6.61 Å². The molecule has 1 heterocycles. The largest absolute Gasteiger partial charge is 0.480 e. The molecule has 0 spiro atoms. The molecule has 4 heteroatoms. The predicted octanol–water partition coefficient (Wildman–Crippen LogP) is 2.63. The average molecular weight is 289 g/mol. The molecule has 114 valence electrons. The fraction of sp³-hybridized carbons (Fsp3) is 0.588. The third-order valence-corrected chi connectivity index (χ3v) is 4.70. The van der Waals surface area contributed by atoms with Crippen molar-refractivity contribution >= 4 is 5.97 Å².